The van der Waals surface area contributed by atoms with E-state index in [0.29, 0.717) is 5.92 Å². The Morgan fingerprint density at radius 1 is 1.47 bits per heavy atom. The van der Waals surface area contributed by atoms with Crippen molar-refractivity contribution < 1.29 is 9.90 Å². The van der Waals surface area contributed by atoms with Crippen LogP contribution in [0.25, 0.3) is 0 Å². The molecule has 1 aliphatic rings. The van der Waals surface area contributed by atoms with Gasteiger partial charge < -0.3 is 10.0 Å². The van der Waals surface area contributed by atoms with Gasteiger partial charge in [0.1, 0.15) is 0 Å². The first-order chi connectivity index (χ1) is 7.22. The quantitative estimate of drug-likeness (QED) is 0.756. The van der Waals surface area contributed by atoms with E-state index in [1.807, 2.05) is 31.2 Å². The molecule has 1 fully saturated rings. The molecule has 1 N–H and O–H groups in total. The second kappa shape index (κ2) is 4.03. The van der Waals surface area contributed by atoms with E-state index in [2.05, 4.69) is 4.90 Å². The third-order valence-electron chi connectivity index (χ3n) is 3.00. The SMILES string of the molecule is C[C@H](O)C1CN(c2ccccc2C=O)C1. The number of rotatable bonds is 3. The highest BCUT2D eigenvalue weighted by molar-refractivity contribution is 5.84. The largest absolute Gasteiger partial charge is 0.393 e. The summed E-state index contributed by atoms with van der Waals surface area (Å²) in [6.45, 7) is 3.48. The summed E-state index contributed by atoms with van der Waals surface area (Å²) in [5, 5.41) is 9.37. The molecule has 1 heterocycles. The minimum atomic E-state index is -0.260. The fraction of sp³-hybridized carbons (Fsp3) is 0.417. The van der Waals surface area contributed by atoms with Crippen molar-refractivity contribution in [1.29, 1.82) is 0 Å². The van der Waals surface area contributed by atoms with E-state index in [-0.39, 0.29) is 6.10 Å². The summed E-state index contributed by atoms with van der Waals surface area (Å²) in [5.41, 5.74) is 1.70. The number of para-hydroxylation sites is 1. The van der Waals surface area contributed by atoms with Crippen molar-refractivity contribution in [1.82, 2.24) is 0 Å². The Kier molecular flexibility index (Phi) is 2.73. The van der Waals surface area contributed by atoms with Crippen LogP contribution < -0.4 is 4.90 Å². The van der Waals surface area contributed by atoms with Crippen molar-refractivity contribution in [2.75, 3.05) is 18.0 Å². The van der Waals surface area contributed by atoms with E-state index in [0.717, 1.165) is 30.6 Å². The molecule has 0 bridgehead atoms. The number of anilines is 1. The fourth-order valence-electron chi connectivity index (χ4n) is 1.89. The molecule has 2 rings (SSSR count). The molecule has 80 valence electrons. The van der Waals surface area contributed by atoms with Crippen molar-refractivity contribution in [3.8, 4) is 0 Å². The lowest BCUT2D eigenvalue weighted by Crippen LogP contribution is -2.51. The molecule has 1 saturated heterocycles. The summed E-state index contributed by atoms with van der Waals surface area (Å²) in [6, 6.07) is 7.55. The van der Waals surface area contributed by atoms with E-state index >= 15 is 0 Å². The molecule has 0 unspecified atom stereocenters. The summed E-state index contributed by atoms with van der Waals surface area (Å²) >= 11 is 0. The number of aldehydes is 1. The second-order valence-electron chi connectivity index (χ2n) is 4.08. The number of hydrogen-bond donors (Lipinski definition) is 1. The molecular weight excluding hydrogens is 190 g/mol. The van der Waals surface area contributed by atoms with E-state index in [9.17, 15) is 9.90 Å². The summed E-state index contributed by atoms with van der Waals surface area (Å²) < 4.78 is 0. The maximum absolute atomic E-state index is 10.8. The van der Waals surface area contributed by atoms with Gasteiger partial charge in [-0.1, -0.05) is 12.1 Å². The van der Waals surface area contributed by atoms with Crippen LogP contribution in [0.15, 0.2) is 24.3 Å². The van der Waals surface area contributed by atoms with E-state index in [4.69, 9.17) is 0 Å². The van der Waals surface area contributed by atoms with Crippen LogP contribution in [-0.2, 0) is 0 Å². The lowest BCUT2D eigenvalue weighted by Gasteiger charge is -2.43. The van der Waals surface area contributed by atoms with Gasteiger partial charge >= 0.3 is 0 Å². The summed E-state index contributed by atoms with van der Waals surface area (Å²) in [5.74, 6) is 0.338. The van der Waals surface area contributed by atoms with Crippen molar-refractivity contribution in [2.45, 2.75) is 13.0 Å². The zero-order valence-electron chi connectivity index (χ0n) is 8.76. The Morgan fingerprint density at radius 2 is 2.13 bits per heavy atom. The van der Waals surface area contributed by atoms with Crippen molar-refractivity contribution >= 4 is 12.0 Å². The highest BCUT2D eigenvalue weighted by Gasteiger charge is 2.31. The van der Waals surface area contributed by atoms with Crippen LogP contribution >= 0.6 is 0 Å². The molecule has 1 aromatic rings. The van der Waals surface area contributed by atoms with Gasteiger partial charge in [-0.15, -0.1) is 0 Å². The van der Waals surface area contributed by atoms with Gasteiger partial charge in [-0.25, -0.2) is 0 Å². The molecule has 15 heavy (non-hydrogen) atoms. The first kappa shape index (κ1) is 10.2. The molecular formula is C12H15NO2. The summed E-state index contributed by atoms with van der Waals surface area (Å²) in [6.07, 6.45) is 0.620. The van der Waals surface area contributed by atoms with Gasteiger partial charge in [0.15, 0.2) is 6.29 Å². The lowest BCUT2D eigenvalue weighted by molar-refractivity contribution is 0.107. The first-order valence-electron chi connectivity index (χ1n) is 5.19. The smallest absolute Gasteiger partial charge is 0.152 e. The first-order valence-corrected chi connectivity index (χ1v) is 5.19. The van der Waals surface area contributed by atoms with Crippen molar-refractivity contribution in [2.24, 2.45) is 5.92 Å². The summed E-state index contributed by atoms with van der Waals surface area (Å²) in [7, 11) is 0. The number of nitrogens with zero attached hydrogens (tertiary/aromatic N) is 1. The van der Waals surface area contributed by atoms with Gasteiger partial charge in [0, 0.05) is 30.3 Å². The monoisotopic (exact) mass is 205 g/mol. The zero-order valence-corrected chi connectivity index (χ0v) is 8.76. The molecule has 3 heteroatoms. The van der Waals surface area contributed by atoms with Gasteiger partial charge in [0.2, 0.25) is 0 Å². The molecule has 0 amide bonds. The van der Waals surface area contributed by atoms with Crippen LogP contribution in [0.4, 0.5) is 5.69 Å². The summed E-state index contributed by atoms with van der Waals surface area (Å²) in [4.78, 5) is 12.9. The number of carbonyl (C=O) groups excluding carboxylic acids is 1. The molecule has 1 aliphatic heterocycles. The lowest BCUT2D eigenvalue weighted by atomic mass is 9.93. The molecule has 0 spiro atoms. The highest BCUT2D eigenvalue weighted by atomic mass is 16.3. The topological polar surface area (TPSA) is 40.5 Å². The Labute approximate surface area is 89.3 Å². The fourth-order valence-corrected chi connectivity index (χ4v) is 1.89. The average Bonchev–Trinajstić information content (AvgIpc) is 2.15. The number of carbonyl (C=O) groups is 1. The molecule has 0 aliphatic carbocycles. The Bertz CT molecular complexity index is 356. The second-order valence-corrected chi connectivity index (χ2v) is 4.08. The maximum atomic E-state index is 10.8. The Balaban J connectivity index is 2.09. The van der Waals surface area contributed by atoms with Crippen LogP contribution in [0, 0.1) is 5.92 Å². The predicted molar refractivity (Wildman–Crippen MR) is 59.2 cm³/mol. The zero-order chi connectivity index (χ0) is 10.8. The highest BCUT2D eigenvalue weighted by Crippen LogP contribution is 2.28. The van der Waals surface area contributed by atoms with Crippen LogP contribution in [0.5, 0.6) is 0 Å². The third kappa shape index (κ3) is 1.88. The molecule has 0 aromatic heterocycles. The van der Waals surface area contributed by atoms with Crippen molar-refractivity contribution in [3.05, 3.63) is 29.8 Å². The minimum Gasteiger partial charge on any atom is -0.393 e. The van der Waals surface area contributed by atoms with Crippen LogP contribution in [0.1, 0.15) is 17.3 Å². The standard InChI is InChI=1S/C12H15NO2/c1-9(15)11-6-13(7-11)12-5-3-2-4-10(12)8-14/h2-5,8-9,11,15H,6-7H2,1H3/t9-/m0/s1. The van der Waals surface area contributed by atoms with E-state index < -0.39 is 0 Å². The number of benzene rings is 1. The van der Waals surface area contributed by atoms with Crippen LogP contribution in [0.2, 0.25) is 0 Å². The van der Waals surface area contributed by atoms with E-state index in [1.165, 1.54) is 0 Å². The van der Waals surface area contributed by atoms with Crippen LogP contribution in [0.3, 0.4) is 0 Å². The van der Waals surface area contributed by atoms with Gasteiger partial charge in [0.25, 0.3) is 0 Å². The van der Waals surface area contributed by atoms with Crippen LogP contribution in [-0.4, -0.2) is 30.6 Å². The predicted octanol–water partition coefficient (Wildman–Crippen LogP) is 1.32. The number of aliphatic hydroxyl groups excluding tert-OH is 1. The van der Waals surface area contributed by atoms with E-state index in [1.54, 1.807) is 0 Å². The molecule has 0 saturated carbocycles. The van der Waals surface area contributed by atoms with Gasteiger partial charge in [-0.2, -0.15) is 0 Å². The minimum absolute atomic E-state index is 0.260. The maximum Gasteiger partial charge on any atom is 0.152 e. The molecule has 1 aromatic carbocycles. The van der Waals surface area contributed by atoms with Gasteiger partial charge in [-0.3, -0.25) is 4.79 Å². The Hall–Kier alpha value is -1.35. The molecule has 3 nitrogen and oxygen atoms in total. The third-order valence-corrected chi connectivity index (χ3v) is 3.00. The van der Waals surface area contributed by atoms with Gasteiger partial charge in [0.05, 0.1) is 6.10 Å². The number of aliphatic hydroxyl groups is 1. The number of hydrogen-bond acceptors (Lipinski definition) is 3. The average molecular weight is 205 g/mol. The molecule has 0 radical (unpaired) electrons. The van der Waals surface area contributed by atoms with Gasteiger partial charge in [-0.05, 0) is 19.1 Å². The van der Waals surface area contributed by atoms with Crippen molar-refractivity contribution in [3.63, 3.8) is 0 Å². The molecule has 1 atom stereocenters. The normalized spacial score (nSPS) is 18.4. The Morgan fingerprint density at radius 3 is 2.73 bits per heavy atom.